The Labute approximate surface area is 135 Å². The molecule has 21 heavy (non-hydrogen) atoms. The second kappa shape index (κ2) is 7.69. The lowest BCUT2D eigenvalue weighted by Gasteiger charge is -2.14. The van der Waals surface area contributed by atoms with E-state index in [1.54, 1.807) is 12.3 Å². The number of hydrogen-bond acceptors (Lipinski definition) is 3. The van der Waals surface area contributed by atoms with Crippen LogP contribution in [0.15, 0.2) is 24.4 Å². The van der Waals surface area contributed by atoms with E-state index in [4.69, 9.17) is 27.9 Å². The largest absolute Gasteiger partial charge is 0.491 e. The number of aromatic nitrogens is 2. The van der Waals surface area contributed by atoms with Crippen LogP contribution in [0, 0.1) is 0 Å². The van der Waals surface area contributed by atoms with Crippen molar-refractivity contribution in [3.63, 3.8) is 0 Å². The lowest BCUT2D eigenvalue weighted by atomic mass is 10.2. The Hall–Kier alpha value is -1.23. The molecule has 1 N–H and O–H groups in total. The zero-order valence-electron chi connectivity index (χ0n) is 12.2. The molecule has 0 spiro atoms. The second-order valence-electron chi connectivity index (χ2n) is 4.70. The van der Waals surface area contributed by atoms with E-state index in [1.165, 1.54) is 0 Å². The monoisotopic (exact) mass is 327 g/mol. The summed E-state index contributed by atoms with van der Waals surface area (Å²) in [5, 5.41) is 8.56. The Bertz CT molecular complexity index is 599. The van der Waals surface area contributed by atoms with Crippen LogP contribution in [0.5, 0.6) is 5.75 Å². The van der Waals surface area contributed by atoms with E-state index in [9.17, 15) is 0 Å². The van der Waals surface area contributed by atoms with Gasteiger partial charge in [-0.25, -0.2) is 0 Å². The van der Waals surface area contributed by atoms with Crippen molar-refractivity contribution in [2.45, 2.75) is 19.9 Å². The SMILES string of the molecule is CCNCc1cc(Cl)cc(Cl)c1OCCc1ccnn1C. The lowest BCUT2D eigenvalue weighted by molar-refractivity contribution is 0.314. The van der Waals surface area contributed by atoms with Gasteiger partial charge in [-0.1, -0.05) is 30.1 Å². The Balaban J connectivity index is 2.05. The minimum atomic E-state index is 0.542. The van der Waals surface area contributed by atoms with Crippen molar-refractivity contribution < 1.29 is 4.74 Å². The van der Waals surface area contributed by atoms with E-state index >= 15 is 0 Å². The summed E-state index contributed by atoms with van der Waals surface area (Å²) in [5.74, 6) is 0.698. The Kier molecular flexibility index (Phi) is 5.91. The number of nitrogens with zero attached hydrogens (tertiary/aromatic N) is 2. The molecule has 0 saturated heterocycles. The predicted molar refractivity (Wildman–Crippen MR) is 86.2 cm³/mol. The highest BCUT2D eigenvalue weighted by molar-refractivity contribution is 6.35. The Morgan fingerprint density at radius 3 is 2.81 bits per heavy atom. The van der Waals surface area contributed by atoms with Crippen LogP contribution >= 0.6 is 23.2 Å². The van der Waals surface area contributed by atoms with Gasteiger partial charge in [0, 0.05) is 42.5 Å². The molecule has 0 aliphatic heterocycles. The van der Waals surface area contributed by atoms with Crippen LogP contribution in [0.2, 0.25) is 10.0 Å². The quantitative estimate of drug-likeness (QED) is 0.846. The average Bonchev–Trinajstić information content (AvgIpc) is 2.84. The van der Waals surface area contributed by atoms with Crippen LogP contribution in [-0.2, 0) is 20.0 Å². The lowest BCUT2D eigenvalue weighted by Crippen LogP contribution is -2.14. The summed E-state index contributed by atoms with van der Waals surface area (Å²) in [6.45, 7) is 4.14. The van der Waals surface area contributed by atoms with Crippen LogP contribution in [0.3, 0.4) is 0 Å². The summed E-state index contributed by atoms with van der Waals surface area (Å²) in [6, 6.07) is 5.57. The van der Waals surface area contributed by atoms with E-state index in [0.717, 1.165) is 24.2 Å². The first kappa shape index (κ1) is 16.1. The van der Waals surface area contributed by atoms with Crippen LogP contribution in [0.4, 0.5) is 0 Å². The van der Waals surface area contributed by atoms with Gasteiger partial charge in [-0.3, -0.25) is 4.68 Å². The summed E-state index contributed by atoms with van der Waals surface area (Å²) < 4.78 is 7.72. The highest BCUT2D eigenvalue weighted by Crippen LogP contribution is 2.32. The molecule has 0 bridgehead atoms. The van der Waals surface area contributed by atoms with Crippen molar-refractivity contribution in [2.75, 3.05) is 13.2 Å². The van der Waals surface area contributed by atoms with Crippen LogP contribution in [0.25, 0.3) is 0 Å². The average molecular weight is 328 g/mol. The fourth-order valence-corrected chi connectivity index (χ4v) is 2.66. The molecule has 0 saturated carbocycles. The molecule has 2 aromatic rings. The summed E-state index contributed by atoms with van der Waals surface area (Å²) in [4.78, 5) is 0. The summed E-state index contributed by atoms with van der Waals surface area (Å²) >= 11 is 12.3. The predicted octanol–water partition coefficient (Wildman–Crippen LogP) is 3.46. The van der Waals surface area contributed by atoms with E-state index < -0.39 is 0 Å². The number of rotatable bonds is 7. The van der Waals surface area contributed by atoms with E-state index in [1.807, 2.05) is 23.9 Å². The van der Waals surface area contributed by atoms with Crippen molar-refractivity contribution in [1.82, 2.24) is 15.1 Å². The zero-order valence-corrected chi connectivity index (χ0v) is 13.7. The first-order valence-electron chi connectivity index (χ1n) is 6.90. The van der Waals surface area contributed by atoms with Gasteiger partial charge < -0.3 is 10.1 Å². The number of aryl methyl sites for hydroxylation is 1. The molecule has 0 aliphatic rings. The molecule has 2 rings (SSSR count). The third-order valence-corrected chi connectivity index (χ3v) is 3.68. The first-order chi connectivity index (χ1) is 10.1. The highest BCUT2D eigenvalue weighted by Gasteiger charge is 2.11. The van der Waals surface area contributed by atoms with Gasteiger partial charge in [-0.2, -0.15) is 5.10 Å². The summed E-state index contributed by atoms with van der Waals surface area (Å²) in [7, 11) is 1.92. The van der Waals surface area contributed by atoms with Crippen molar-refractivity contribution >= 4 is 23.2 Å². The number of halogens is 2. The Morgan fingerprint density at radius 2 is 2.14 bits per heavy atom. The standard InChI is InChI=1S/C15H19Cl2N3O/c1-3-18-10-11-8-12(16)9-14(17)15(11)21-7-5-13-4-6-19-20(13)2/h4,6,8-9,18H,3,5,7,10H2,1-2H3. The topological polar surface area (TPSA) is 39.1 Å². The van der Waals surface area contributed by atoms with Gasteiger partial charge in [0.05, 0.1) is 11.6 Å². The molecule has 0 radical (unpaired) electrons. The van der Waals surface area contributed by atoms with E-state index in [2.05, 4.69) is 17.3 Å². The molecule has 1 aromatic carbocycles. The van der Waals surface area contributed by atoms with Gasteiger partial charge in [-0.15, -0.1) is 0 Å². The number of ether oxygens (including phenoxy) is 1. The maximum atomic E-state index is 6.25. The van der Waals surface area contributed by atoms with Gasteiger partial charge in [0.1, 0.15) is 5.75 Å². The van der Waals surface area contributed by atoms with Crippen LogP contribution in [0.1, 0.15) is 18.2 Å². The minimum Gasteiger partial charge on any atom is -0.491 e. The van der Waals surface area contributed by atoms with Gasteiger partial charge in [0.15, 0.2) is 0 Å². The summed E-state index contributed by atoms with van der Waals surface area (Å²) in [6.07, 6.45) is 2.55. The fraction of sp³-hybridized carbons (Fsp3) is 0.400. The summed E-state index contributed by atoms with van der Waals surface area (Å²) in [5.41, 5.74) is 2.09. The van der Waals surface area contributed by atoms with Crippen LogP contribution in [-0.4, -0.2) is 22.9 Å². The normalized spacial score (nSPS) is 10.9. The molecule has 4 nitrogen and oxygen atoms in total. The first-order valence-corrected chi connectivity index (χ1v) is 7.65. The molecule has 1 aromatic heterocycles. The van der Waals surface area contributed by atoms with Crippen molar-refractivity contribution in [3.05, 3.63) is 45.7 Å². The van der Waals surface area contributed by atoms with Gasteiger partial charge in [0.25, 0.3) is 0 Å². The Morgan fingerprint density at radius 1 is 1.33 bits per heavy atom. The second-order valence-corrected chi connectivity index (χ2v) is 5.54. The fourth-order valence-electron chi connectivity index (χ4n) is 2.07. The van der Waals surface area contributed by atoms with Gasteiger partial charge in [-0.05, 0) is 24.7 Å². The van der Waals surface area contributed by atoms with E-state index in [-0.39, 0.29) is 0 Å². The van der Waals surface area contributed by atoms with E-state index in [0.29, 0.717) is 28.9 Å². The molecule has 114 valence electrons. The van der Waals surface area contributed by atoms with Gasteiger partial charge in [0.2, 0.25) is 0 Å². The zero-order chi connectivity index (χ0) is 15.2. The molecule has 0 fully saturated rings. The molecule has 0 unspecified atom stereocenters. The maximum Gasteiger partial charge on any atom is 0.142 e. The van der Waals surface area contributed by atoms with Crippen molar-refractivity contribution in [1.29, 1.82) is 0 Å². The molecule has 0 atom stereocenters. The number of benzene rings is 1. The maximum absolute atomic E-state index is 6.25. The smallest absolute Gasteiger partial charge is 0.142 e. The minimum absolute atomic E-state index is 0.542. The molecule has 6 heteroatoms. The number of hydrogen-bond donors (Lipinski definition) is 1. The highest BCUT2D eigenvalue weighted by atomic mass is 35.5. The third kappa shape index (κ3) is 4.37. The van der Waals surface area contributed by atoms with Gasteiger partial charge >= 0.3 is 0 Å². The molecular weight excluding hydrogens is 309 g/mol. The number of nitrogens with one attached hydrogen (secondary N) is 1. The van der Waals surface area contributed by atoms with Crippen molar-refractivity contribution in [3.8, 4) is 5.75 Å². The van der Waals surface area contributed by atoms with Crippen LogP contribution < -0.4 is 10.1 Å². The van der Waals surface area contributed by atoms with Crippen molar-refractivity contribution in [2.24, 2.45) is 7.05 Å². The molecular formula is C15H19Cl2N3O. The molecule has 1 heterocycles. The third-order valence-electron chi connectivity index (χ3n) is 3.18. The molecule has 0 aliphatic carbocycles. The molecule has 0 amide bonds.